The number of aliphatic hydroxyl groups excluding tert-OH is 1. The number of nitrogens with zero attached hydrogens (tertiary/aromatic N) is 2. The van der Waals surface area contributed by atoms with Crippen LogP contribution in [0.25, 0.3) is 10.8 Å². The third kappa shape index (κ3) is 6.91. The van der Waals surface area contributed by atoms with Gasteiger partial charge in [-0.15, -0.1) is 0 Å². The summed E-state index contributed by atoms with van der Waals surface area (Å²) < 4.78 is 8.51. The summed E-state index contributed by atoms with van der Waals surface area (Å²) in [5, 5.41) is 13.6. The highest BCUT2D eigenvalue weighted by Gasteiger charge is 2.31. The van der Waals surface area contributed by atoms with Crippen LogP contribution in [-0.4, -0.2) is 39.7 Å². The normalized spacial score (nSPS) is 13.3. The van der Waals surface area contributed by atoms with Crippen LogP contribution in [0, 0.1) is 0 Å². The summed E-state index contributed by atoms with van der Waals surface area (Å²) in [5.74, 6) is 0.167. The zero-order valence-corrected chi connectivity index (χ0v) is 26.0. The number of halogens is 2. The summed E-state index contributed by atoms with van der Waals surface area (Å²) in [5.41, 5.74) is 2.06. The molecule has 0 spiro atoms. The molecule has 7 heteroatoms. The van der Waals surface area contributed by atoms with Crippen LogP contribution >= 0.6 is 23.2 Å². The van der Waals surface area contributed by atoms with Crippen molar-refractivity contribution in [3.63, 3.8) is 0 Å². The average Bonchev–Trinajstić information content (AvgIpc) is 3.44. The van der Waals surface area contributed by atoms with Crippen molar-refractivity contribution < 1.29 is 14.6 Å². The zero-order valence-electron chi connectivity index (χ0n) is 24.5. The van der Waals surface area contributed by atoms with E-state index in [1.807, 2.05) is 38.2 Å². The van der Waals surface area contributed by atoms with Gasteiger partial charge in [-0.1, -0.05) is 79.5 Å². The van der Waals surface area contributed by atoms with Gasteiger partial charge in [0.15, 0.2) is 6.10 Å². The number of aromatic nitrogens is 1. The smallest absolute Gasteiger partial charge is 0.255 e. The lowest BCUT2D eigenvalue weighted by molar-refractivity contribution is 0.0405. The summed E-state index contributed by atoms with van der Waals surface area (Å²) in [6, 6.07) is 22.1. The van der Waals surface area contributed by atoms with E-state index in [1.165, 1.54) is 16.3 Å². The van der Waals surface area contributed by atoms with Crippen LogP contribution in [-0.2, 0) is 12.0 Å². The summed E-state index contributed by atoms with van der Waals surface area (Å²) in [6.07, 6.45) is 2.94. The summed E-state index contributed by atoms with van der Waals surface area (Å²) in [4.78, 5) is 15.0. The molecule has 1 heterocycles. The topological polar surface area (TPSA) is 54.7 Å². The first kappa shape index (κ1) is 31.0. The number of hydrogen-bond acceptors (Lipinski definition) is 3. The van der Waals surface area contributed by atoms with Gasteiger partial charge in [0.2, 0.25) is 0 Å². The van der Waals surface area contributed by atoms with Crippen molar-refractivity contribution in [3.8, 4) is 5.75 Å². The molecule has 218 valence electrons. The molecule has 0 saturated heterocycles. The molecule has 41 heavy (non-hydrogen) atoms. The van der Waals surface area contributed by atoms with E-state index in [9.17, 15) is 9.90 Å². The number of rotatable bonds is 12. The molecule has 2 unspecified atom stereocenters. The van der Waals surface area contributed by atoms with E-state index < -0.39 is 12.2 Å². The first-order chi connectivity index (χ1) is 19.6. The highest BCUT2D eigenvalue weighted by atomic mass is 35.5. The standard InChI is InChI=1S/C34H40Cl2N2O3/c1-6-18-37(19-7-2)33(40)27-16-17-29(31(36)30(27)35)41-32(23(3)39)28-13-10-20-38(28)34(4,5)22-24-14-15-25-11-8-9-12-26(25)21-24/h8-17,20-21,23,32,39H,6-7,18-19,22H2,1-5H3. The maximum atomic E-state index is 13.2. The Morgan fingerprint density at radius 1 is 0.951 bits per heavy atom. The Bertz CT molecular complexity index is 1490. The molecule has 0 fully saturated rings. The monoisotopic (exact) mass is 594 g/mol. The summed E-state index contributed by atoms with van der Waals surface area (Å²) in [6.45, 7) is 11.4. The second-order valence-corrected chi connectivity index (χ2v) is 12.0. The fourth-order valence-electron chi connectivity index (χ4n) is 5.47. The fraction of sp³-hybridized carbons (Fsp3) is 0.382. The Morgan fingerprint density at radius 2 is 1.63 bits per heavy atom. The number of hydrogen-bond donors (Lipinski definition) is 1. The van der Waals surface area contributed by atoms with E-state index in [0.29, 0.717) is 24.4 Å². The van der Waals surface area contributed by atoms with E-state index in [0.717, 1.165) is 25.0 Å². The van der Waals surface area contributed by atoms with E-state index in [2.05, 4.69) is 54.8 Å². The van der Waals surface area contributed by atoms with Gasteiger partial charge in [-0.25, -0.2) is 0 Å². The van der Waals surface area contributed by atoms with E-state index in [1.54, 1.807) is 24.0 Å². The molecule has 0 saturated carbocycles. The van der Waals surface area contributed by atoms with Crippen molar-refractivity contribution in [1.82, 2.24) is 9.47 Å². The van der Waals surface area contributed by atoms with Crippen molar-refractivity contribution in [2.75, 3.05) is 13.1 Å². The Labute approximate surface area is 253 Å². The number of benzene rings is 3. The van der Waals surface area contributed by atoms with Gasteiger partial charge >= 0.3 is 0 Å². The second kappa shape index (κ2) is 13.3. The molecule has 1 N–H and O–H groups in total. The molecule has 0 aliphatic carbocycles. The first-order valence-corrected chi connectivity index (χ1v) is 15.1. The van der Waals surface area contributed by atoms with E-state index >= 15 is 0 Å². The lowest BCUT2D eigenvalue weighted by atomic mass is 9.92. The number of carbonyl (C=O) groups excluding carboxylic acids is 1. The predicted octanol–water partition coefficient (Wildman–Crippen LogP) is 8.69. The predicted molar refractivity (Wildman–Crippen MR) is 169 cm³/mol. The van der Waals surface area contributed by atoms with Gasteiger partial charge in [0.05, 0.1) is 22.4 Å². The maximum Gasteiger partial charge on any atom is 0.255 e. The lowest BCUT2D eigenvalue weighted by Crippen LogP contribution is -2.34. The quantitative estimate of drug-likeness (QED) is 0.178. The van der Waals surface area contributed by atoms with Gasteiger partial charge in [-0.05, 0) is 80.6 Å². The summed E-state index contributed by atoms with van der Waals surface area (Å²) in [7, 11) is 0. The number of ether oxygens (including phenoxy) is 1. The number of fused-ring (bicyclic) bond motifs is 1. The molecule has 0 bridgehead atoms. The van der Waals surface area contributed by atoms with Crippen molar-refractivity contribution in [2.45, 2.75) is 71.6 Å². The van der Waals surface area contributed by atoms with Crippen LogP contribution in [0.1, 0.15) is 75.2 Å². The van der Waals surface area contributed by atoms with Gasteiger partial charge in [-0.2, -0.15) is 0 Å². The van der Waals surface area contributed by atoms with Crippen LogP contribution in [0.2, 0.25) is 10.0 Å². The van der Waals surface area contributed by atoms with E-state index in [-0.39, 0.29) is 21.5 Å². The first-order valence-electron chi connectivity index (χ1n) is 14.3. The molecule has 4 aromatic rings. The van der Waals surface area contributed by atoms with Crippen LogP contribution in [0.3, 0.4) is 0 Å². The van der Waals surface area contributed by atoms with Crippen molar-refractivity contribution in [2.24, 2.45) is 0 Å². The SMILES string of the molecule is CCCN(CCC)C(=O)c1ccc(OC(c2cccn2C(C)(C)Cc2ccc3ccccc3c2)C(C)O)c(Cl)c1Cl. The highest BCUT2D eigenvalue weighted by molar-refractivity contribution is 6.44. The van der Waals surface area contributed by atoms with Gasteiger partial charge in [0.1, 0.15) is 10.8 Å². The Morgan fingerprint density at radius 3 is 2.29 bits per heavy atom. The van der Waals surface area contributed by atoms with Crippen molar-refractivity contribution >= 4 is 39.9 Å². The number of carbonyl (C=O) groups is 1. The van der Waals surface area contributed by atoms with Gasteiger partial charge < -0.3 is 19.3 Å². The summed E-state index contributed by atoms with van der Waals surface area (Å²) >= 11 is 13.3. The zero-order chi connectivity index (χ0) is 29.7. The third-order valence-corrected chi connectivity index (χ3v) is 8.28. The molecular formula is C34H40Cl2N2O3. The van der Waals surface area contributed by atoms with Crippen molar-refractivity contribution in [1.29, 1.82) is 0 Å². The molecular weight excluding hydrogens is 555 g/mol. The largest absolute Gasteiger partial charge is 0.480 e. The highest BCUT2D eigenvalue weighted by Crippen LogP contribution is 2.39. The lowest BCUT2D eigenvalue weighted by Gasteiger charge is -2.33. The number of amides is 1. The van der Waals surface area contributed by atoms with Gasteiger partial charge in [0.25, 0.3) is 5.91 Å². The minimum atomic E-state index is -0.846. The van der Waals surface area contributed by atoms with Gasteiger partial charge in [-0.3, -0.25) is 4.79 Å². The Kier molecular flexibility index (Phi) is 10.1. The molecule has 1 aromatic heterocycles. The van der Waals surface area contributed by atoms with Crippen LogP contribution in [0.5, 0.6) is 5.75 Å². The Hall–Kier alpha value is -2.99. The second-order valence-electron chi connectivity index (χ2n) is 11.3. The third-order valence-electron chi connectivity index (χ3n) is 7.42. The molecule has 1 amide bonds. The maximum absolute atomic E-state index is 13.2. The Balaban J connectivity index is 1.61. The van der Waals surface area contributed by atoms with Crippen LogP contribution < -0.4 is 4.74 Å². The van der Waals surface area contributed by atoms with Crippen molar-refractivity contribution in [3.05, 3.63) is 99.8 Å². The molecule has 0 aliphatic heterocycles. The number of aliphatic hydroxyl groups is 1. The molecule has 5 nitrogen and oxygen atoms in total. The minimum absolute atomic E-state index is 0.149. The molecule has 3 aromatic carbocycles. The molecule has 4 rings (SSSR count). The van der Waals surface area contributed by atoms with Crippen LogP contribution in [0.15, 0.2) is 72.9 Å². The molecule has 2 atom stereocenters. The fourth-order valence-corrected chi connectivity index (χ4v) is 5.91. The molecule has 0 aliphatic rings. The van der Waals surface area contributed by atoms with Crippen LogP contribution in [0.4, 0.5) is 0 Å². The average molecular weight is 596 g/mol. The minimum Gasteiger partial charge on any atom is -0.480 e. The van der Waals surface area contributed by atoms with E-state index in [4.69, 9.17) is 27.9 Å². The van der Waals surface area contributed by atoms with Gasteiger partial charge in [0, 0.05) is 24.8 Å². The molecule has 0 radical (unpaired) electrons.